The Bertz CT molecular complexity index is 1040. The average Bonchev–Trinajstić information content (AvgIpc) is 3.10. The molecular weight excluding hydrogens is 367 g/mol. The number of aromatic nitrogens is 4. The van der Waals surface area contributed by atoms with Crippen LogP contribution in [0.15, 0.2) is 36.4 Å². The van der Waals surface area contributed by atoms with E-state index in [1.165, 1.54) is 12.1 Å². The summed E-state index contributed by atoms with van der Waals surface area (Å²) >= 11 is 0. The fourth-order valence-electron chi connectivity index (χ4n) is 3.21. The number of rotatable bonds is 4. The third kappa shape index (κ3) is 3.49. The molecule has 0 radical (unpaired) electrons. The van der Waals surface area contributed by atoms with Gasteiger partial charge < -0.3 is 5.32 Å². The first-order chi connectivity index (χ1) is 13.5. The number of H-pyrrole nitrogens is 1. The quantitative estimate of drug-likeness (QED) is 0.652. The van der Waals surface area contributed by atoms with Gasteiger partial charge in [-0.05, 0) is 31.4 Å². The van der Waals surface area contributed by atoms with E-state index in [0.29, 0.717) is 23.8 Å². The molecule has 4 rings (SSSR count). The maximum Gasteiger partial charge on any atom is 0.417 e. The second kappa shape index (κ2) is 7.10. The van der Waals surface area contributed by atoms with Crippen molar-refractivity contribution in [2.45, 2.75) is 32.4 Å². The molecule has 2 N–H and O–H groups in total. The van der Waals surface area contributed by atoms with Crippen LogP contribution in [0.25, 0.3) is 17.5 Å². The largest absolute Gasteiger partial charge is 0.417 e. The number of nitrogens with zero attached hydrogens (tertiary/aromatic N) is 3. The number of anilines is 2. The molecule has 2 aromatic heterocycles. The van der Waals surface area contributed by atoms with Crippen LogP contribution in [0.3, 0.4) is 0 Å². The van der Waals surface area contributed by atoms with Crippen LogP contribution in [-0.2, 0) is 19.0 Å². The summed E-state index contributed by atoms with van der Waals surface area (Å²) in [5.74, 6) is 1.09. The van der Waals surface area contributed by atoms with Crippen molar-refractivity contribution in [2.24, 2.45) is 0 Å². The number of nitrogens with one attached hydrogen (secondary N) is 2. The topological polar surface area (TPSA) is 66.5 Å². The summed E-state index contributed by atoms with van der Waals surface area (Å²) in [7, 11) is 0. The highest BCUT2D eigenvalue weighted by molar-refractivity contribution is 5.67. The first-order valence-corrected chi connectivity index (χ1v) is 9.01. The zero-order valence-electron chi connectivity index (χ0n) is 15.1. The van der Waals surface area contributed by atoms with Gasteiger partial charge in [0, 0.05) is 22.9 Å². The Labute approximate surface area is 159 Å². The van der Waals surface area contributed by atoms with Crippen LogP contribution in [0.1, 0.15) is 35.9 Å². The van der Waals surface area contributed by atoms with Crippen LogP contribution in [0, 0.1) is 0 Å². The van der Waals surface area contributed by atoms with Crippen molar-refractivity contribution in [3.63, 3.8) is 0 Å². The first-order valence-electron chi connectivity index (χ1n) is 9.01. The third-order valence-electron chi connectivity index (χ3n) is 4.61. The van der Waals surface area contributed by atoms with E-state index in [4.69, 9.17) is 0 Å². The van der Waals surface area contributed by atoms with Crippen molar-refractivity contribution in [1.82, 2.24) is 20.2 Å². The van der Waals surface area contributed by atoms with Crippen molar-refractivity contribution < 1.29 is 13.2 Å². The molecule has 5 nitrogen and oxygen atoms in total. The molecule has 0 spiro atoms. The Morgan fingerprint density at radius 3 is 2.79 bits per heavy atom. The van der Waals surface area contributed by atoms with E-state index in [0.717, 1.165) is 30.2 Å². The van der Waals surface area contributed by atoms with Crippen LogP contribution < -0.4 is 5.32 Å². The molecule has 0 saturated carbocycles. The standard InChI is InChI=1S/C20H18F3N5/c1-2-12-11-17(26-19-14-8-4-6-10-16(14)27-28-19)25-18(24-12)13-7-3-5-9-15(13)20(21,22)23/h3,5-7,9-11H,2,4,8H2,1H3,(H2,24,25,26,27,28). The Balaban J connectivity index is 1.76. The fourth-order valence-corrected chi connectivity index (χ4v) is 3.21. The van der Waals surface area contributed by atoms with E-state index in [1.54, 1.807) is 12.1 Å². The van der Waals surface area contributed by atoms with Crippen molar-refractivity contribution in [2.75, 3.05) is 5.32 Å². The van der Waals surface area contributed by atoms with Crippen molar-refractivity contribution >= 4 is 17.7 Å². The van der Waals surface area contributed by atoms with E-state index in [2.05, 4.69) is 31.6 Å². The zero-order chi connectivity index (χ0) is 19.7. The second-order valence-corrected chi connectivity index (χ2v) is 6.50. The van der Waals surface area contributed by atoms with Gasteiger partial charge in [-0.1, -0.05) is 31.2 Å². The van der Waals surface area contributed by atoms with Gasteiger partial charge in [0.1, 0.15) is 5.82 Å². The van der Waals surface area contributed by atoms with E-state index >= 15 is 0 Å². The minimum atomic E-state index is -4.48. The lowest BCUT2D eigenvalue weighted by atomic mass is 10.0. The third-order valence-corrected chi connectivity index (χ3v) is 4.61. The predicted molar refractivity (Wildman–Crippen MR) is 101 cm³/mol. The molecule has 28 heavy (non-hydrogen) atoms. The molecule has 0 amide bonds. The molecule has 0 saturated heterocycles. The Morgan fingerprint density at radius 2 is 2.00 bits per heavy atom. The number of benzene rings is 1. The van der Waals surface area contributed by atoms with Gasteiger partial charge >= 0.3 is 6.18 Å². The van der Waals surface area contributed by atoms with Crippen LogP contribution in [0.2, 0.25) is 0 Å². The van der Waals surface area contributed by atoms with E-state index < -0.39 is 11.7 Å². The van der Waals surface area contributed by atoms with Crippen molar-refractivity contribution in [3.8, 4) is 11.4 Å². The van der Waals surface area contributed by atoms with Gasteiger partial charge in [0.15, 0.2) is 11.6 Å². The lowest BCUT2D eigenvalue weighted by molar-refractivity contribution is -0.137. The molecule has 3 aromatic rings. The number of alkyl halides is 3. The molecule has 1 aromatic carbocycles. The highest BCUT2D eigenvalue weighted by Crippen LogP contribution is 2.36. The van der Waals surface area contributed by atoms with Gasteiger partial charge in [0.25, 0.3) is 0 Å². The molecular formula is C20H18F3N5. The Hall–Kier alpha value is -3.16. The Morgan fingerprint density at radius 1 is 1.18 bits per heavy atom. The van der Waals surface area contributed by atoms with E-state index in [-0.39, 0.29) is 11.4 Å². The first kappa shape index (κ1) is 18.2. The summed E-state index contributed by atoms with van der Waals surface area (Å²) in [5, 5.41) is 10.4. The lowest BCUT2D eigenvalue weighted by Crippen LogP contribution is -2.09. The summed E-state index contributed by atoms with van der Waals surface area (Å²) in [6.45, 7) is 1.90. The number of aromatic amines is 1. The fraction of sp³-hybridized carbons (Fsp3) is 0.250. The lowest BCUT2D eigenvalue weighted by Gasteiger charge is -2.14. The molecule has 144 valence electrons. The predicted octanol–water partition coefficient (Wildman–Crippen LogP) is 5.15. The maximum atomic E-state index is 13.4. The Kier molecular flexibility index (Phi) is 4.62. The normalized spacial score (nSPS) is 13.4. The highest BCUT2D eigenvalue weighted by atomic mass is 19.4. The minimum Gasteiger partial charge on any atom is -0.323 e. The number of fused-ring (bicyclic) bond motifs is 1. The van der Waals surface area contributed by atoms with Crippen LogP contribution in [0.5, 0.6) is 0 Å². The van der Waals surface area contributed by atoms with Gasteiger partial charge in [-0.25, -0.2) is 9.97 Å². The van der Waals surface area contributed by atoms with E-state index in [1.807, 2.05) is 13.0 Å². The zero-order valence-corrected chi connectivity index (χ0v) is 15.1. The van der Waals surface area contributed by atoms with Gasteiger partial charge in [-0.15, -0.1) is 0 Å². The number of hydrogen-bond donors (Lipinski definition) is 2. The molecule has 0 fully saturated rings. The van der Waals surface area contributed by atoms with Gasteiger partial charge in [-0.3, -0.25) is 5.10 Å². The summed E-state index contributed by atoms with van der Waals surface area (Å²) < 4.78 is 40.3. The molecule has 0 unspecified atom stereocenters. The van der Waals surface area contributed by atoms with Gasteiger partial charge in [0.2, 0.25) is 0 Å². The highest BCUT2D eigenvalue weighted by Gasteiger charge is 2.34. The number of aryl methyl sites for hydroxylation is 1. The second-order valence-electron chi connectivity index (χ2n) is 6.50. The summed E-state index contributed by atoms with van der Waals surface area (Å²) in [6, 6.07) is 7.08. The summed E-state index contributed by atoms with van der Waals surface area (Å²) in [5.41, 5.74) is 1.82. The van der Waals surface area contributed by atoms with Gasteiger partial charge in [-0.2, -0.15) is 18.3 Å². The molecule has 0 aliphatic heterocycles. The minimum absolute atomic E-state index is 0.0408. The smallest absolute Gasteiger partial charge is 0.323 e. The summed E-state index contributed by atoms with van der Waals surface area (Å²) in [4.78, 5) is 8.68. The molecule has 2 heterocycles. The van der Waals surface area contributed by atoms with Crippen LogP contribution >= 0.6 is 0 Å². The molecule has 1 aliphatic carbocycles. The van der Waals surface area contributed by atoms with Crippen molar-refractivity contribution in [3.05, 3.63) is 58.9 Å². The number of hydrogen-bond acceptors (Lipinski definition) is 4. The molecule has 8 heteroatoms. The molecule has 0 atom stereocenters. The van der Waals surface area contributed by atoms with E-state index in [9.17, 15) is 13.2 Å². The monoisotopic (exact) mass is 385 g/mol. The van der Waals surface area contributed by atoms with Crippen molar-refractivity contribution in [1.29, 1.82) is 0 Å². The molecule has 1 aliphatic rings. The number of halogens is 3. The maximum absolute atomic E-state index is 13.4. The summed E-state index contributed by atoms with van der Waals surface area (Å²) in [6.07, 6.45) is 1.87. The van der Waals surface area contributed by atoms with Crippen LogP contribution in [-0.4, -0.2) is 20.2 Å². The van der Waals surface area contributed by atoms with Gasteiger partial charge in [0.05, 0.1) is 11.3 Å². The molecule has 0 bridgehead atoms. The number of allylic oxidation sites excluding steroid dienone is 1. The van der Waals surface area contributed by atoms with Crippen LogP contribution in [0.4, 0.5) is 24.8 Å². The average molecular weight is 385 g/mol. The SMILES string of the molecule is CCc1cc(Nc2n[nH]c3c2CCC=C3)nc(-c2ccccc2C(F)(F)F)n1.